The summed E-state index contributed by atoms with van der Waals surface area (Å²) in [5.41, 5.74) is 0. The van der Waals surface area contributed by atoms with Crippen LogP contribution in [0.4, 0.5) is 5.82 Å². The quantitative estimate of drug-likeness (QED) is 0.847. The molecule has 0 bridgehead atoms. The van der Waals surface area contributed by atoms with Crippen LogP contribution in [-0.2, 0) is 10.8 Å². The van der Waals surface area contributed by atoms with Crippen molar-refractivity contribution < 1.29 is 4.21 Å². The van der Waals surface area contributed by atoms with Gasteiger partial charge < -0.3 is 5.32 Å². The summed E-state index contributed by atoms with van der Waals surface area (Å²) in [6.45, 7) is 4.60. The maximum Gasteiger partial charge on any atom is 0.130 e. The molecule has 0 radical (unpaired) electrons. The van der Waals surface area contributed by atoms with Crippen LogP contribution in [0.2, 0.25) is 0 Å². The molecule has 0 saturated heterocycles. The molecule has 1 aromatic rings. The minimum absolute atomic E-state index is 0.207. The average molecular weight is 306 g/mol. The molecule has 0 aliphatic rings. The molecule has 0 aliphatic heterocycles. The second-order valence-electron chi connectivity index (χ2n) is 3.65. The molecule has 0 fully saturated rings. The Bertz CT molecular complexity index is 366. The lowest BCUT2D eigenvalue weighted by Crippen LogP contribution is -2.15. The molecule has 2 unspecified atom stereocenters. The highest BCUT2D eigenvalue weighted by Gasteiger charge is 2.05. The van der Waals surface area contributed by atoms with Gasteiger partial charge in [0.25, 0.3) is 0 Å². The SMILES string of the molecule is Cc1nc(Br)cc(NCCC(C)S(C)=O)n1. The van der Waals surface area contributed by atoms with E-state index in [4.69, 9.17) is 0 Å². The normalized spacial score (nSPS) is 14.5. The summed E-state index contributed by atoms with van der Waals surface area (Å²) in [4.78, 5) is 8.37. The molecule has 1 aromatic heterocycles. The lowest BCUT2D eigenvalue weighted by molar-refractivity contribution is 0.672. The predicted molar refractivity (Wildman–Crippen MR) is 71.1 cm³/mol. The van der Waals surface area contributed by atoms with Crippen LogP contribution in [0.15, 0.2) is 10.7 Å². The number of halogens is 1. The van der Waals surface area contributed by atoms with Crippen LogP contribution in [0.1, 0.15) is 19.2 Å². The molecule has 1 heterocycles. The second-order valence-corrected chi connectivity index (χ2v) is 6.26. The van der Waals surface area contributed by atoms with E-state index in [-0.39, 0.29) is 5.25 Å². The Hall–Kier alpha value is -0.490. The van der Waals surface area contributed by atoms with Crippen molar-refractivity contribution in [3.05, 3.63) is 16.5 Å². The molecule has 0 aliphatic carbocycles. The molecule has 6 heteroatoms. The first-order valence-electron chi connectivity index (χ1n) is 5.06. The van der Waals surface area contributed by atoms with Crippen LogP contribution in [0.5, 0.6) is 0 Å². The number of hydrogen-bond acceptors (Lipinski definition) is 4. The van der Waals surface area contributed by atoms with Gasteiger partial charge in [-0.2, -0.15) is 0 Å². The van der Waals surface area contributed by atoms with Crippen molar-refractivity contribution in [2.24, 2.45) is 0 Å². The van der Waals surface area contributed by atoms with E-state index in [1.54, 1.807) is 6.26 Å². The summed E-state index contributed by atoms with van der Waals surface area (Å²) in [6.07, 6.45) is 2.60. The third-order valence-electron chi connectivity index (χ3n) is 2.23. The van der Waals surface area contributed by atoms with E-state index >= 15 is 0 Å². The van der Waals surface area contributed by atoms with E-state index in [9.17, 15) is 4.21 Å². The fraction of sp³-hybridized carbons (Fsp3) is 0.600. The van der Waals surface area contributed by atoms with Crippen molar-refractivity contribution in [2.45, 2.75) is 25.5 Å². The van der Waals surface area contributed by atoms with Gasteiger partial charge in [-0.3, -0.25) is 4.21 Å². The van der Waals surface area contributed by atoms with Crippen molar-refractivity contribution in [3.63, 3.8) is 0 Å². The first-order chi connectivity index (χ1) is 7.49. The third kappa shape index (κ3) is 4.57. The lowest BCUT2D eigenvalue weighted by atomic mass is 10.3. The van der Waals surface area contributed by atoms with E-state index in [1.807, 2.05) is 19.9 Å². The van der Waals surface area contributed by atoms with Gasteiger partial charge in [0.1, 0.15) is 16.2 Å². The number of nitrogens with one attached hydrogen (secondary N) is 1. The van der Waals surface area contributed by atoms with Gasteiger partial charge in [0.2, 0.25) is 0 Å². The van der Waals surface area contributed by atoms with Crippen molar-refractivity contribution in [1.29, 1.82) is 0 Å². The lowest BCUT2D eigenvalue weighted by Gasteiger charge is -2.10. The first kappa shape index (κ1) is 13.6. The molecule has 1 N–H and O–H groups in total. The highest BCUT2D eigenvalue weighted by molar-refractivity contribution is 9.10. The largest absolute Gasteiger partial charge is 0.370 e. The molecule has 0 spiro atoms. The van der Waals surface area contributed by atoms with Crippen LogP contribution in [0, 0.1) is 6.92 Å². The number of aryl methyl sites for hydroxylation is 1. The predicted octanol–water partition coefficient (Wildman–Crippen LogP) is 2.12. The molecule has 0 saturated carbocycles. The number of rotatable bonds is 5. The monoisotopic (exact) mass is 305 g/mol. The fourth-order valence-corrected chi connectivity index (χ4v) is 2.11. The summed E-state index contributed by atoms with van der Waals surface area (Å²) >= 11 is 3.32. The van der Waals surface area contributed by atoms with Gasteiger partial charge in [-0.05, 0) is 29.3 Å². The molecular weight excluding hydrogens is 290 g/mol. The third-order valence-corrected chi connectivity index (χ3v) is 4.01. The van der Waals surface area contributed by atoms with Crippen LogP contribution < -0.4 is 5.32 Å². The summed E-state index contributed by atoms with van der Waals surface area (Å²) in [5.74, 6) is 1.53. The Labute approximate surface area is 107 Å². The maximum absolute atomic E-state index is 11.1. The van der Waals surface area contributed by atoms with E-state index in [2.05, 4.69) is 31.2 Å². The summed E-state index contributed by atoms with van der Waals surface area (Å²) < 4.78 is 11.9. The van der Waals surface area contributed by atoms with Crippen LogP contribution in [0.3, 0.4) is 0 Å². The van der Waals surface area contributed by atoms with Crippen molar-refractivity contribution in [1.82, 2.24) is 9.97 Å². The Kier molecular flexibility index (Phi) is 5.34. The van der Waals surface area contributed by atoms with Crippen molar-refractivity contribution in [3.8, 4) is 0 Å². The molecule has 1 rings (SSSR count). The van der Waals surface area contributed by atoms with Gasteiger partial charge in [0, 0.05) is 34.9 Å². The minimum atomic E-state index is -0.759. The van der Waals surface area contributed by atoms with E-state index < -0.39 is 10.8 Å². The Morgan fingerprint density at radius 1 is 1.56 bits per heavy atom. The highest BCUT2D eigenvalue weighted by Crippen LogP contribution is 2.12. The topological polar surface area (TPSA) is 54.9 Å². The van der Waals surface area contributed by atoms with Crippen molar-refractivity contribution >= 4 is 32.5 Å². The molecular formula is C10H16BrN3OS. The fourth-order valence-electron chi connectivity index (χ4n) is 1.19. The minimum Gasteiger partial charge on any atom is -0.370 e. The number of anilines is 1. The van der Waals surface area contributed by atoms with Gasteiger partial charge >= 0.3 is 0 Å². The van der Waals surface area contributed by atoms with E-state index in [1.165, 1.54) is 0 Å². The molecule has 0 amide bonds. The van der Waals surface area contributed by atoms with Gasteiger partial charge in [0.05, 0.1) is 0 Å². The zero-order valence-electron chi connectivity index (χ0n) is 9.66. The van der Waals surface area contributed by atoms with Gasteiger partial charge in [-0.15, -0.1) is 0 Å². The summed E-state index contributed by atoms with van der Waals surface area (Å²) in [7, 11) is -0.759. The standard InChI is InChI=1S/C10H16BrN3OS/c1-7(16(3)15)4-5-12-10-6-9(11)13-8(2)14-10/h6-7H,4-5H2,1-3H3,(H,12,13,14). The van der Waals surface area contributed by atoms with Crippen LogP contribution >= 0.6 is 15.9 Å². The van der Waals surface area contributed by atoms with Gasteiger partial charge in [-0.1, -0.05) is 6.92 Å². The van der Waals surface area contributed by atoms with Crippen LogP contribution in [-0.4, -0.2) is 32.2 Å². The smallest absolute Gasteiger partial charge is 0.130 e. The van der Waals surface area contributed by atoms with E-state index in [0.29, 0.717) is 0 Å². The second kappa shape index (κ2) is 6.30. The van der Waals surface area contributed by atoms with E-state index in [0.717, 1.165) is 29.2 Å². The molecule has 90 valence electrons. The van der Waals surface area contributed by atoms with Gasteiger partial charge in [0.15, 0.2) is 0 Å². The van der Waals surface area contributed by atoms with Crippen molar-refractivity contribution in [2.75, 3.05) is 18.1 Å². The summed E-state index contributed by atoms with van der Waals surface area (Å²) in [5, 5.41) is 3.40. The highest BCUT2D eigenvalue weighted by atomic mass is 79.9. The Balaban J connectivity index is 2.46. The Morgan fingerprint density at radius 2 is 2.25 bits per heavy atom. The molecule has 4 nitrogen and oxygen atoms in total. The average Bonchev–Trinajstić information content (AvgIpc) is 2.15. The zero-order chi connectivity index (χ0) is 12.1. The van der Waals surface area contributed by atoms with Gasteiger partial charge in [-0.25, -0.2) is 9.97 Å². The zero-order valence-corrected chi connectivity index (χ0v) is 12.1. The number of nitrogens with zero attached hydrogens (tertiary/aromatic N) is 2. The summed E-state index contributed by atoms with van der Waals surface area (Å²) in [6, 6.07) is 1.83. The number of hydrogen-bond donors (Lipinski definition) is 1. The Morgan fingerprint density at radius 3 is 2.81 bits per heavy atom. The molecule has 0 aromatic carbocycles. The first-order valence-corrected chi connectivity index (χ1v) is 7.47. The molecule has 16 heavy (non-hydrogen) atoms. The number of aromatic nitrogens is 2. The van der Waals surface area contributed by atoms with Crippen LogP contribution in [0.25, 0.3) is 0 Å². The molecule has 2 atom stereocenters. The maximum atomic E-state index is 11.1.